The van der Waals surface area contributed by atoms with Crippen LogP contribution >= 0.6 is 0 Å². The molecule has 0 radical (unpaired) electrons. The molecule has 3 fully saturated rings. The number of nitrogens with two attached hydrogens (primary N) is 1. The molecule has 290 valence electrons. The van der Waals surface area contributed by atoms with Crippen LogP contribution in [0.25, 0.3) is 32.9 Å². The molecule has 55 heavy (non-hydrogen) atoms. The van der Waals surface area contributed by atoms with Gasteiger partial charge >= 0.3 is 6.01 Å². The van der Waals surface area contributed by atoms with Gasteiger partial charge in [-0.25, -0.2) is 17.6 Å². The Morgan fingerprint density at radius 3 is 2.58 bits per heavy atom. The van der Waals surface area contributed by atoms with Gasteiger partial charge in [-0.05, 0) is 66.0 Å². The zero-order valence-electron chi connectivity index (χ0n) is 34.3. The SMILES string of the molecule is [2H]C([2H])(Oc1nc(N2CCC=C[C@H]3[C@H](F)[C@H]32)c2cnc(-c3cc(N)cc4ccc(F)c(C#C[Si](C(C)C)(C(C)C)C(C)C)c34)c(F)c2n1)[C@@]12CCCN1C[C@H](F)C2. The summed E-state index contributed by atoms with van der Waals surface area (Å²) in [6.07, 6.45) is 4.31. The van der Waals surface area contributed by atoms with E-state index in [2.05, 4.69) is 68.0 Å². The molecule has 1 saturated carbocycles. The number of halogens is 4. The number of alkyl halides is 2. The quantitative estimate of drug-likeness (QED) is 0.0629. The fourth-order valence-electron chi connectivity index (χ4n) is 9.99. The van der Waals surface area contributed by atoms with Crippen LogP contribution in [0.15, 0.2) is 42.6 Å². The van der Waals surface area contributed by atoms with Gasteiger partial charge < -0.3 is 15.4 Å². The van der Waals surface area contributed by atoms with Crippen LogP contribution < -0.4 is 15.4 Å². The Morgan fingerprint density at radius 1 is 1.07 bits per heavy atom. The predicted molar refractivity (Wildman–Crippen MR) is 214 cm³/mol. The van der Waals surface area contributed by atoms with Crippen molar-refractivity contribution in [3.05, 3.63) is 59.8 Å². The van der Waals surface area contributed by atoms with Crippen molar-refractivity contribution in [2.45, 2.75) is 108 Å². The normalized spacial score (nSPS) is 25.9. The zero-order chi connectivity index (χ0) is 40.8. The second-order valence-corrected chi connectivity index (χ2v) is 22.3. The first kappa shape index (κ1) is 35.2. The summed E-state index contributed by atoms with van der Waals surface area (Å²) in [5, 5.41) is 1.08. The Bertz CT molecular complexity index is 2330. The number of nitrogen functional groups attached to an aromatic ring is 1. The van der Waals surface area contributed by atoms with E-state index in [9.17, 15) is 4.39 Å². The standard InChI is InChI=1S/C43H50F4N6OSi/c1-24(2)55(25(3)4,26(5)6)17-13-30-34(45)12-11-27-18-29(48)19-32(35(27)30)38-37(47)39-33(21-49-38)41(53-16-8-7-10-31-36(46)40(31)53)51-42(50-39)54-23-43-14-9-15-52(43)22-28(44)20-43/h7,10-12,18-19,21,24-26,28,31,36,40H,8-9,14-16,20,22-23,48H2,1-6H3/t28-,31+,36+,40+,43+/m1/s1/i23D2. The Hall–Kier alpha value is -4.21. The highest BCUT2D eigenvalue weighted by Crippen LogP contribution is 2.47. The van der Waals surface area contributed by atoms with Crippen molar-refractivity contribution < 1.29 is 25.0 Å². The molecule has 5 atom stereocenters. The van der Waals surface area contributed by atoms with Gasteiger partial charge in [0.25, 0.3) is 0 Å². The summed E-state index contributed by atoms with van der Waals surface area (Å²) < 4.78 is 88.0. The van der Waals surface area contributed by atoms with Crippen LogP contribution in [0, 0.1) is 29.0 Å². The zero-order valence-corrected chi connectivity index (χ0v) is 33.3. The minimum Gasteiger partial charge on any atom is -0.461 e. The topological polar surface area (TPSA) is 80.4 Å². The van der Waals surface area contributed by atoms with Crippen LogP contribution in [-0.2, 0) is 0 Å². The van der Waals surface area contributed by atoms with Crippen molar-refractivity contribution in [1.82, 2.24) is 19.9 Å². The van der Waals surface area contributed by atoms with Gasteiger partial charge in [0.2, 0.25) is 0 Å². The fraction of sp³-hybridized carbons (Fsp3) is 0.512. The summed E-state index contributed by atoms with van der Waals surface area (Å²) in [6, 6.07) is 5.15. The Labute approximate surface area is 324 Å². The molecule has 2 aromatic carbocycles. The molecule has 2 N–H and O–H groups in total. The van der Waals surface area contributed by atoms with Crippen molar-refractivity contribution in [2.24, 2.45) is 5.92 Å². The smallest absolute Gasteiger partial charge is 0.319 e. The van der Waals surface area contributed by atoms with E-state index in [-0.39, 0.29) is 69.0 Å². The number of fused-ring (bicyclic) bond motifs is 4. The van der Waals surface area contributed by atoms with Crippen molar-refractivity contribution >= 4 is 41.3 Å². The number of ether oxygens (including phenoxy) is 1. The first-order chi connectivity index (χ1) is 27.0. The van der Waals surface area contributed by atoms with Gasteiger partial charge in [0.1, 0.15) is 49.8 Å². The van der Waals surface area contributed by atoms with Gasteiger partial charge in [0.05, 0.1) is 25.3 Å². The first-order valence-corrected chi connectivity index (χ1v) is 21.8. The molecule has 7 nitrogen and oxygen atoms in total. The van der Waals surface area contributed by atoms with E-state index in [1.54, 1.807) is 28.0 Å². The molecule has 5 heterocycles. The third-order valence-electron chi connectivity index (χ3n) is 12.7. The number of nitrogens with zero attached hydrogens (tertiary/aromatic N) is 5. The van der Waals surface area contributed by atoms with Crippen LogP contribution in [0.3, 0.4) is 0 Å². The van der Waals surface area contributed by atoms with Crippen LogP contribution in [-0.4, -0.2) is 78.0 Å². The van der Waals surface area contributed by atoms with Gasteiger partial charge in [0.15, 0.2) is 5.82 Å². The van der Waals surface area contributed by atoms with Gasteiger partial charge in [-0.3, -0.25) is 9.88 Å². The summed E-state index contributed by atoms with van der Waals surface area (Å²) in [5.74, 6) is 1.59. The molecule has 0 amide bonds. The number of aromatic nitrogens is 3. The Balaban J connectivity index is 1.33. The fourth-order valence-corrected chi connectivity index (χ4v) is 15.2. The van der Waals surface area contributed by atoms with Crippen LogP contribution in [0.1, 0.15) is 75.5 Å². The Morgan fingerprint density at radius 2 is 1.84 bits per heavy atom. The lowest BCUT2D eigenvalue weighted by molar-refractivity contribution is 0.107. The highest BCUT2D eigenvalue weighted by molar-refractivity contribution is 6.90. The van der Waals surface area contributed by atoms with Crippen molar-refractivity contribution in [2.75, 3.05) is 36.8 Å². The average molecular weight is 773 g/mol. The molecular weight excluding hydrogens is 721 g/mol. The van der Waals surface area contributed by atoms with E-state index in [1.165, 1.54) is 12.3 Å². The minimum absolute atomic E-state index is 0.0622. The van der Waals surface area contributed by atoms with E-state index in [4.69, 9.17) is 13.2 Å². The van der Waals surface area contributed by atoms with E-state index in [0.717, 1.165) is 0 Å². The number of benzene rings is 2. The second kappa shape index (κ2) is 14.1. The highest BCUT2D eigenvalue weighted by Gasteiger charge is 2.55. The molecule has 4 aromatic rings. The van der Waals surface area contributed by atoms with E-state index >= 15 is 13.2 Å². The molecule has 0 spiro atoms. The maximum absolute atomic E-state index is 17.5. The van der Waals surface area contributed by atoms with Crippen molar-refractivity contribution in [3.63, 3.8) is 0 Å². The van der Waals surface area contributed by atoms with Crippen molar-refractivity contribution in [3.8, 4) is 28.7 Å². The lowest BCUT2D eigenvalue weighted by atomic mass is 9.95. The molecular formula is C43H50F4N6OSi. The summed E-state index contributed by atoms with van der Waals surface area (Å²) >= 11 is 0. The highest BCUT2D eigenvalue weighted by atomic mass is 28.3. The average Bonchev–Trinajstić information content (AvgIpc) is 3.50. The third kappa shape index (κ3) is 6.26. The first-order valence-electron chi connectivity index (χ1n) is 20.6. The summed E-state index contributed by atoms with van der Waals surface area (Å²) in [6.45, 7) is 11.6. The lowest BCUT2D eigenvalue weighted by Crippen LogP contribution is -2.43. The third-order valence-corrected chi connectivity index (χ3v) is 19.0. The number of rotatable bonds is 8. The second-order valence-electron chi connectivity index (χ2n) is 16.8. The monoisotopic (exact) mass is 772 g/mol. The number of anilines is 2. The molecule has 2 saturated heterocycles. The molecule has 8 rings (SSSR count). The molecule has 12 heteroatoms. The van der Waals surface area contributed by atoms with E-state index < -0.39 is 56.2 Å². The van der Waals surface area contributed by atoms with Crippen molar-refractivity contribution in [1.29, 1.82) is 0 Å². The van der Waals surface area contributed by atoms with Gasteiger partial charge in [0, 0.05) is 48.3 Å². The summed E-state index contributed by atoms with van der Waals surface area (Å²) in [4.78, 5) is 17.3. The van der Waals surface area contributed by atoms with Gasteiger partial charge in [-0.1, -0.05) is 65.7 Å². The number of hydrogen-bond donors (Lipinski definition) is 1. The number of pyridine rings is 1. The Kier molecular flexibility index (Phi) is 9.01. The molecule has 2 aromatic heterocycles. The van der Waals surface area contributed by atoms with Crippen LogP contribution in [0.2, 0.25) is 16.6 Å². The molecule has 3 aliphatic heterocycles. The minimum atomic E-state index is -2.46. The van der Waals surface area contributed by atoms with Crippen LogP contribution in [0.4, 0.5) is 29.1 Å². The maximum Gasteiger partial charge on any atom is 0.319 e. The van der Waals surface area contributed by atoms with Gasteiger partial charge in [-0.2, -0.15) is 9.97 Å². The summed E-state index contributed by atoms with van der Waals surface area (Å²) in [7, 11) is -2.32. The number of hydrogen-bond acceptors (Lipinski definition) is 7. The molecule has 0 bridgehead atoms. The maximum atomic E-state index is 17.5. The van der Waals surface area contributed by atoms with Crippen LogP contribution in [0.5, 0.6) is 6.01 Å². The molecule has 4 aliphatic rings. The van der Waals surface area contributed by atoms with E-state index in [1.807, 2.05) is 12.2 Å². The molecule has 0 unspecified atom stereocenters. The van der Waals surface area contributed by atoms with Gasteiger partial charge in [-0.15, -0.1) is 5.54 Å². The lowest BCUT2D eigenvalue weighted by Gasteiger charge is -2.38. The molecule has 1 aliphatic carbocycles. The summed E-state index contributed by atoms with van der Waals surface area (Å²) in [5.41, 5.74) is 9.86. The van der Waals surface area contributed by atoms with E-state index in [0.29, 0.717) is 48.8 Å². The predicted octanol–water partition coefficient (Wildman–Crippen LogP) is 9.33. The largest absolute Gasteiger partial charge is 0.461 e.